The van der Waals surface area contributed by atoms with Gasteiger partial charge in [0.2, 0.25) is 0 Å². The number of hydrogen-bond donors (Lipinski definition) is 1. The van der Waals surface area contributed by atoms with Crippen molar-refractivity contribution in [2.45, 2.75) is 38.5 Å². The Morgan fingerprint density at radius 2 is 1.70 bits per heavy atom. The number of rotatable bonds is 9. The first kappa shape index (κ1) is 23.9. The zero-order chi connectivity index (χ0) is 23.3. The summed E-state index contributed by atoms with van der Waals surface area (Å²) in [6, 6.07) is 15.3. The molecule has 0 atom stereocenters. The first-order valence-corrected chi connectivity index (χ1v) is 11.9. The summed E-state index contributed by atoms with van der Waals surface area (Å²) in [6.07, 6.45) is 3.27. The Balaban J connectivity index is 1.19. The minimum atomic E-state index is -0.840. The van der Waals surface area contributed by atoms with Crippen molar-refractivity contribution in [1.82, 2.24) is 14.7 Å². The monoisotopic (exact) mass is 489 g/mol. The van der Waals surface area contributed by atoms with Gasteiger partial charge in [-0.1, -0.05) is 35.3 Å². The molecule has 1 aliphatic rings. The van der Waals surface area contributed by atoms with Crippen LogP contribution in [0.15, 0.2) is 54.7 Å². The van der Waals surface area contributed by atoms with Gasteiger partial charge in [0.15, 0.2) is 0 Å². The van der Waals surface area contributed by atoms with Crippen molar-refractivity contribution in [3.05, 3.63) is 76.0 Å². The summed E-state index contributed by atoms with van der Waals surface area (Å²) in [4.78, 5) is 2.35. The molecular formula is C25H29Cl2N3O3. The lowest BCUT2D eigenvalue weighted by Crippen LogP contribution is -2.47. The van der Waals surface area contributed by atoms with Crippen molar-refractivity contribution in [3.8, 4) is 11.5 Å². The van der Waals surface area contributed by atoms with Gasteiger partial charge in [0, 0.05) is 31.9 Å². The standard InChI is InChI=1S/C25H29Cl2N3O3/c1-19-8-11-30(28-19)14-15-32-21-4-2-20(3-5-21)17-29-12-9-25(31,10-13-29)18-33-22-6-7-23(26)24(27)16-22/h2-8,11,16,31H,9-10,12-15,17-18H2,1H3. The summed E-state index contributed by atoms with van der Waals surface area (Å²) in [7, 11) is 0. The normalized spacial score (nSPS) is 16.0. The quantitative estimate of drug-likeness (QED) is 0.459. The molecule has 1 saturated heterocycles. The molecule has 8 heteroatoms. The van der Waals surface area contributed by atoms with Crippen molar-refractivity contribution in [2.75, 3.05) is 26.3 Å². The maximum Gasteiger partial charge on any atom is 0.121 e. The maximum atomic E-state index is 10.9. The third-order valence-corrected chi connectivity index (χ3v) is 6.62. The number of aromatic nitrogens is 2. The van der Waals surface area contributed by atoms with E-state index in [4.69, 9.17) is 32.7 Å². The Morgan fingerprint density at radius 1 is 0.970 bits per heavy atom. The number of aryl methyl sites for hydroxylation is 1. The number of likely N-dealkylation sites (tertiary alicyclic amines) is 1. The molecule has 0 radical (unpaired) electrons. The predicted octanol–water partition coefficient (Wildman–Crippen LogP) is 4.98. The van der Waals surface area contributed by atoms with Crippen molar-refractivity contribution in [1.29, 1.82) is 0 Å². The fraction of sp³-hybridized carbons (Fsp3) is 0.400. The molecule has 1 aromatic heterocycles. The lowest BCUT2D eigenvalue weighted by molar-refractivity contribution is -0.0537. The molecular weight excluding hydrogens is 461 g/mol. The van der Waals surface area contributed by atoms with Crippen LogP contribution in [0.1, 0.15) is 24.1 Å². The summed E-state index contributed by atoms with van der Waals surface area (Å²) in [5.41, 5.74) is 1.39. The fourth-order valence-corrected chi connectivity index (χ4v) is 4.14. The molecule has 33 heavy (non-hydrogen) atoms. The predicted molar refractivity (Wildman–Crippen MR) is 130 cm³/mol. The summed E-state index contributed by atoms with van der Waals surface area (Å²) >= 11 is 12.0. The van der Waals surface area contributed by atoms with Crippen LogP contribution >= 0.6 is 23.2 Å². The van der Waals surface area contributed by atoms with E-state index in [2.05, 4.69) is 22.1 Å². The molecule has 176 valence electrons. The smallest absolute Gasteiger partial charge is 0.121 e. The van der Waals surface area contributed by atoms with Gasteiger partial charge in [-0.05, 0) is 55.7 Å². The molecule has 0 unspecified atom stereocenters. The molecule has 3 aromatic rings. The van der Waals surface area contributed by atoms with E-state index in [0.717, 1.165) is 37.6 Å². The number of piperidine rings is 1. The molecule has 1 aliphatic heterocycles. The first-order chi connectivity index (χ1) is 15.9. The Kier molecular flexibility index (Phi) is 7.81. The van der Waals surface area contributed by atoms with Gasteiger partial charge >= 0.3 is 0 Å². The van der Waals surface area contributed by atoms with Crippen LogP contribution < -0.4 is 9.47 Å². The second kappa shape index (κ2) is 10.8. The summed E-state index contributed by atoms with van der Waals surface area (Å²) < 4.78 is 13.5. The Bertz CT molecular complexity index is 1050. The van der Waals surface area contributed by atoms with Crippen molar-refractivity contribution < 1.29 is 14.6 Å². The van der Waals surface area contributed by atoms with Crippen LogP contribution in [-0.2, 0) is 13.1 Å². The third-order valence-electron chi connectivity index (χ3n) is 5.88. The second-order valence-corrected chi connectivity index (χ2v) is 9.39. The van der Waals surface area contributed by atoms with Crippen molar-refractivity contribution in [3.63, 3.8) is 0 Å². The first-order valence-electron chi connectivity index (χ1n) is 11.1. The van der Waals surface area contributed by atoms with E-state index < -0.39 is 5.60 Å². The van der Waals surface area contributed by atoms with Gasteiger partial charge in [-0.3, -0.25) is 9.58 Å². The maximum absolute atomic E-state index is 10.9. The van der Waals surface area contributed by atoms with E-state index in [-0.39, 0.29) is 6.61 Å². The third kappa shape index (κ3) is 6.87. The number of hydrogen-bond acceptors (Lipinski definition) is 5. The topological polar surface area (TPSA) is 59.8 Å². The van der Waals surface area contributed by atoms with Gasteiger partial charge in [-0.25, -0.2) is 0 Å². The summed E-state index contributed by atoms with van der Waals surface area (Å²) in [5, 5.41) is 16.2. The highest BCUT2D eigenvalue weighted by Gasteiger charge is 2.33. The van der Waals surface area contributed by atoms with Crippen LogP contribution in [0.25, 0.3) is 0 Å². The van der Waals surface area contributed by atoms with Gasteiger partial charge in [-0.2, -0.15) is 5.10 Å². The van der Waals surface area contributed by atoms with E-state index in [1.54, 1.807) is 18.2 Å². The molecule has 6 nitrogen and oxygen atoms in total. The number of halogens is 2. The van der Waals surface area contributed by atoms with Gasteiger partial charge < -0.3 is 14.6 Å². The average Bonchev–Trinajstić information content (AvgIpc) is 3.22. The van der Waals surface area contributed by atoms with Gasteiger partial charge in [0.25, 0.3) is 0 Å². The molecule has 0 saturated carbocycles. The molecule has 4 rings (SSSR count). The summed E-state index contributed by atoms with van der Waals surface area (Å²) in [5.74, 6) is 1.47. The van der Waals surface area contributed by atoms with Gasteiger partial charge in [0.1, 0.15) is 30.3 Å². The minimum Gasteiger partial charge on any atom is -0.492 e. The molecule has 0 amide bonds. The highest BCUT2D eigenvalue weighted by Crippen LogP contribution is 2.29. The van der Waals surface area contributed by atoms with Crippen LogP contribution in [0, 0.1) is 6.92 Å². The fourth-order valence-electron chi connectivity index (χ4n) is 3.85. The highest BCUT2D eigenvalue weighted by atomic mass is 35.5. The molecule has 0 aliphatic carbocycles. The highest BCUT2D eigenvalue weighted by molar-refractivity contribution is 6.42. The van der Waals surface area contributed by atoms with E-state index >= 15 is 0 Å². The van der Waals surface area contributed by atoms with E-state index in [0.29, 0.717) is 35.2 Å². The zero-order valence-electron chi connectivity index (χ0n) is 18.7. The van der Waals surface area contributed by atoms with Crippen LogP contribution in [0.5, 0.6) is 11.5 Å². The van der Waals surface area contributed by atoms with Gasteiger partial charge in [-0.15, -0.1) is 0 Å². The molecule has 2 heterocycles. The van der Waals surface area contributed by atoms with E-state index in [1.165, 1.54) is 5.56 Å². The van der Waals surface area contributed by atoms with Crippen LogP contribution in [0.3, 0.4) is 0 Å². The Hall–Kier alpha value is -2.25. The lowest BCUT2D eigenvalue weighted by atomic mass is 9.92. The second-order valence-electron chi connectivity index (χ2n) is 8.58. The summed E-state index contributed by atoms with van der Waals surface area (Å²) in [6.45, 7) is 5.98. The van der Waals surface area contributed by atoms with Crippen molar-refractivity contribution >= 4 is 23.2 Å². The van der Waals surface area contributed by atoms with Crippen LogP contribution in [0.2, 0.25) is 10.0 Å². The van der Waals surface area contributed by atoms with E-state index in [1.807, 2.05) is 36.0 Å². The van der Waals surface area contributed by atoms with Crippen molar-refractivity contribution in [2.24, 2.45) is 0 Å². The average molecular weight is 490 g/mol. The van der Waals surface area contributed by atoms with Gasteiger partial charge in [0.05, 0.1) is 22.3 Å². The number of aliphatic hydroxyl groups is 1. The minimum absolute atomic E-state index is 0.239. The van der Waals surface area contributed by atoms with Crippen LogP contribution in [0.4, 0.5) is 0 Å². The Morgan fingerprint density at radius 3 is 2.36 bits per heavy atom. The Labute approximate surface area is 204 Å². The lowest BCUT2D eigenvalue weighted by Gasteiger charge is -2.38. The van der Waals surface area contributed by atoms with Crippen LogP contribution in [-0.4, -0.2) is 51.7 Å². The molecule has 1 N–H and O–H groups in total. The molecule has 0 bridgehead atoms. The molecule has 0 spiro atoms. The number of benzene rings is 2. The molecule has 1 fully saturated rings. The number of nitrogens with zero attached hydrogens (tertiary/aromatic N) is 3. The van der Waals surface area contributed by atoms with E-state index in [9.17, 15) is 5.11 Å². The SMILES string of the molecule is Cc1ccn(CCOc2ccc(CN3CCC(O)(COc4ccc(Cl)c(Cl)c4)CC3)cc2)n1. The molecule has 2 aromatic carbocycles. The zero-order valence-corrected chi connectivity index (χ0v) is 20.2. The largest absolute Gasteiger partial charge is 0.492 e. The number of ether oxygens (including phenoxy) is 2.